The van der Waals surface area contributed by atoms with Gasteiger partial charge >= 0.3 is 0 Å². The lowest BCUT2D eigenvalue weighted by Gasteiger charge is -2.26. The summed E-state index contributed by atoms with van der Waals surface area (Å²) in [5.41, 5.74) is 6.87. The molecule has 2 nitrogen and oxygen atoms in total. The molecule has 1 aromatic rings. The fourth-order valence-corrected chi connectivity index (χ4v) is 2.16. The Morgan fingerprint density at radius 3 is 2.59 bits per heavy atom. The molecule has 1 atom stereocenters. The Bertz CT molecular complexity index is 380. The van der Waals surface area contributed by atoms with Crippen LogP contribution in [0.1, 0.15) is 25.8 Å². The van der Waals surface area contributed by atoms with Gasteiger partial charge in [-0.1, -0.05) is 23.2 Å². The predicted octanol–water partition coefficient (Wildman–Crippen LogP) is 3.68. The van der Waals surface area contributed by atoms with Gasteiger partial charge in [0.15, 0.2) is 0 Å². The van der Waals surface area contributed by atoms with E-state index in [2.05, 4.69) is 0 Å². The van der Waals surface area contributed by atoms with E-state index >= 15 is 0 Å². The largest absolute Gasteiger partial charge is 0.379 e. The third-order valence-corrected chi connectivity index (χ3v) is 3.40. The van der Waals surface area contributed by atoms with Gasteiger partial charge in [0.1, 0.15) is 0 Å². The second-order valence-electron chi connectivity index (χ2n) is 4.87. The summed E-state index contributed by atoms with van der Waals surface area (Å²) < 4.78 is 5.36. The van der Waals surface area contributed by atoms with Crippen molar-refractivity contribution in [3.8, 4) is 0 Å². The number of rotatable bonds is 5. The Kier molecular flexibility index (Phi) is 5.26. The molecule has 1 rings (SSSR count). The molecule has 2 N–H and O–H groups in total. The zero-order chi connectivity index (χ0) is 13.1. The zero-order valence-electron chi connectivity index (χ0n) is 10.5. The van der Waals surface area contributed by atoms with Gasteiger partial charge in [0.05, 0.1) is 5.60 Å². The summed E-state index contributed by atoms with van der Waals surface area (Å²) in [6, 6.07) is 5.44. The van der Waals surface area contributed by atoms with Gasteiger partial charge in [0.2, 0.25) is 0 Å². The molecule has 0 bridgehead atoms. The molecule has 0 amide bonds. The number of hydrogen-bond acceptors (Lipinski definition) is 2. The first-order chi connectivity index (χ1) is 7.84. The zero-order valence-corrected chi connectivity index (χ0v) is 12.0. The van der Waals surface area contributed by atoms with E-state index in [1.165, 1.54) is 0 Å². The first-order valence-electron chi connectivity index (χ1n) is 5.59. The van der Waals surface area contributed by atoms with E-state index in [-0.39, 0.29) is 11.6 Å². The topological polar surface area (TPSA) is 35.2 Å². The van der Waals surface area contributed by atoms with Crippen molar-refractivity contribution in [2.24, 2.45) is 5.73 Å². The number of ether oxygens (including phenoxy) is 1. The Labute approximate surface area is 113 Å². The van der Waals surface area contributed by atoms with Crippen LogP contribution >= 0.6 is 23.2 Å². The van der Waals surface area contributed by atoms with Crippen LogP contribution in [-0.4, -0.2) is 18.8 Å². The highest BCUT2D eigenvalue weighted by molar-refractivity contribution is 6.33. The highest BCUT2D eigenvalue weighted by atomic mass is 35.5. The van der Waals surface area contributed by atoms with Crippen LogP contribution in [0.5, 0.6) is 0 Å². The molecule has 0 aliphatic heterocycles. The van der Waals surface area contributed by atoms with Gasteiger partial charge < -0.3 is 10.5 Å². The molecule has 1 unspecified atom stereocenters. The molecule has 0 radical (unpaired) electrons. The molecule has 0 heterocycles. The van der Waals surface area contributed by atoms with Crippen molar-refractivity contribution in [3.05, 3.63) is 33.8 Å². The maximum absolute atomic E-state index is 6.10. The Morgan fingerprint density at radius 2 is 2.00 bits per heavy atom. The lowest BCUT2D eigenvalue weighted by molar-refractivity contribution is 0.0102. The van der Waals surface area contributed by atoms with Gasteiger partial charge in [-0.25, -0.2) is 0 Å². The predicted molar refractivity (Wildman–Crippen MR) is 73.8 cm³/mol. The molecule has 17 heavy (non-hydrogen) atoms. The van der Waals surface area contributed by atoms with Gasteiger partial charge in [-0.2, -0.15) is 0 Å². The van der Waals surface area contributed by atoms with Gasteiger partial charge in [0.25, 0.3) is 0 Å². The molecular weight excluding hydrogens is 257 g/mol. The minimum atomic E-state index is -0.218. The lowest BCUT2D eigenvalue weighted by atomic mass is 9.94. The van der Waals surface area contributed by atoms with Crippen LogP contribution in [0.25, 0.3) is 0 Å². The van der Waals surface area contributed by atoms with E-state index in [4.69, 9.17) is 33.7 Å². The SMILES string of the molecule is COC(C)(C)CC(N)Cc1cc(Cl)ccc1Cl. The van der Waals surface area contributed by atoms with Crippen molar-refractivity contribution in [3.63, 3.8) is 0 Å². The van der Waals surface area contributed by atoms with Crippen LogP contribution in [0, 0.1) is 0 Å². The van der Waals surface area contributed by atoms with E-state index in [0.29, 0.717) is 16.5 Å². The average molecular weight is 276 g/mol. The summed E-state index contributed by atoms with van der Waals surface area (Å²) in [5, 5.41) is 1.39. The molecule has 0 spiro atoms. The molecule has 0 fully saturated rings. The standard InChI is InChI=1S/C13H19Cl2NO/c1-13(2,17-3)8-11(16)7-9-6-10(14)4-5-12(9)15/h4-6,11H,7-8,16H2,1-3H3. The first-order valence-corrected chi connectivity index (χ1v) is 6.34. The highest BCUT2D eigenvalue weighted by Crippen LogP contribution is 2.24. The summed E-state index contributed by atoms with van der Waals surface area (Å²) in [4.78, 5) is 0. The molecule has 1 aromatic carbocycles. The Morgan fingerprint density at radius 1 is 1.35 bits per heavy atom. The number of methoxy groups -OCH3 is 1. The lowest BCUT2D eigenvalue weighted by Crippen LogP contribution is -2.35. The molecule has 4 heteroatoms. The second-order valence-corrected chi connectivity index (χ2v) is 5.71. The van der Waals surface area contributed by atoms with Gasteiger partial charge in [-0.05, 0) is 50.5 Å². The van der Waals surface area contributed by atoms with Crippen LogP contribution in [0.3, 0.4) is 0 Å². The minimum absolute atomic E-state index is 0.000849. The second kappa shape index (κ2) is 6.05. The third-order valence-electron chi connectivity index (χ3n) is 2.80. The maximum atomic E-state index is 6.10. The quantitative estimate of drug-likeness (QED) is 0.890. The van der Waals surface area contributed by atoms with Crippen molar-refractivity contribution in [2.45, 2.75) is 38.3 Å². The molecule has 0 aliphatic carbocycles. The summed E-state index contributed by atoms with van der Waals surface area (Å²) >= 11 is 12.0. The summed E-state index contributed by atoms with van der Waals surface area (Å²) in [6.07, 6.45) is 1.47. The molecule has 0 aromatic heterocycles. The van der Waals surface area contributed by atoms with E-state index in [0.717, 1.165) is 12.0 Å². The Hall–Kier alpha value is -0.280. The summed E-state index contributed by atoms with van der Waals surface area (Å²) in [5.74, 6) is 0. The van der Waals surface area contributed by atoms with E-state index in [9.17, 15) is 0 Å². The van der Waals surface area contributed by atoms with E-state index < -0.39 is 0 Å². The van der Waals surface area contributed by atoms with Crippen molar-refractivity contribution < 1.29 is 4.74 Å². The third kappa shape index (κ3) is 4.84. The maximum Gasteiger partial charge on any atom is 0.0637 e. The van der Waals surface area contributed by atoms with Crippen molar-refractivity contribution >= 4 is 23.2 Å². The number of nitrogens with two attached hydrogens (primary N) is 1. The van der Waals surface area contributed by atoms with Gasteiger partial charge in [-0.15, -0.1) is 0 Å². The van der Waals surface area contributed by atoms with Crippen LogP contribution in [0.2, 0.25) is 10.0 Å². The monoisotopic (exact) mass is 275 g/mol. The Balaban J connectivity index is 2.68. The number of hydrogen-bond donors (Lipinski definition) is 1. The number of halogens is 2. The van der Waals surface area contributed by atoms with Crippen LogP contribution in [-0.2, 0) is 11.2 Å². The fourth-order valence-electron chi connectivity index (χ4n) is 1.77. The first kappa shape index (κ1) is 14.8. The van der Waals surface area contributed by atoms with Gasteiger partial charge in [0, 0.05) is 23.2 Å². The molecule has 96 valence electrons. The van der Waals surface area contributed by atoms with Crippen LogP contribution < -0.4 is 5.73 Å². The van der Waals surface area contributed by atoms with E-state index in [1.807, 2.05) is 19.9 Å². The fraction of sp³-hybridized carbons (Fsp3) is 0.538. The van der Waals surface area contributed by atoms with Gasteiger partial charge in [-0.3, -0.25) is 0 Å². The normalized spacial score (nSPS) is 13.8. The summed E-state index contributed by atoms with van der Waals surface area (Å²) in [7, 11) is 1.69. The average Bonchev–Trinajstić information content (AvgIpc) is 2.23. The van der Waals surface area contributed by atoms with Crippen molar-refractivity contribution in [2.75, 3.05) is 7.11 Å². The highest BCUT2D eigenvalue weighted by Gasteiger charge is 2.21. The molecular formula is C13H19Cl2NO. The van der Waals surface area contributed by atoms with E-state index in [1.54, 1.807) is 19.2 Å². The molecule has 0 aliphatic rings. The smallest absolute Gasteiger partial charge is 0.0637 e. The molecule has 0 saturated carbocycles. The summed E-state index contributed by atoms with van der Waals surface area (Å²) in [6.45, 7) is 4.04. The molecule has 0 saturated heterocycles. The minimum Gasteiger partial charge on any atom is -0.379 e. The van der Waals surface area contributed by atoms with Crippen molar-refractivity contribution in [1.82, 2.24) is 0 Å². The van der Waals surface area contributed by atoms with Crippen molar-refractivity contribution in [1.29, 1.82) is 0 Å². The van der Waals surface area contributed by atoms with Crippen LogP contribution in [0.4, 0.5) is 0 Å². The number of benzene rings is 1. The van der Waals surface area contributed by atoms with Crippen LogP contribution in [0.15, 0.2) is 18.2 Å².